The van der Waals surface area contributed by atoms with Crippen molar-refractivity contribution in [3.05, 3.63) is 65.7 Å². The van der Waals surface area contributed by atoms with Gasteiger partial charge in [0.05, 0.1) is 18.1 Å². The maximum atomic E-state index is 11.9. The maximum Gasteiger partial charge on any atom is 0.343 e. The first-order valence-electron chi connectivity index (χ1n) is 7.41. The lowest BCUT2D eigenvalue weighted by atomic mass is 10.2. The molecule has 0 atom stereocenters. The fourth-order valence-corrected chi connectivity index (χ4v) is 1.82. The fourth-order valence-electron chi connectivity index (χ4n) is 1.82. The van der Waals surface area contributed by atoms with Gasteiger partial charge in [0.1, 0.15) is 18.1 Å². The van der Waals surface area contributed by atoms with E-state index in [9.17, 15) is 14.7 Å². The molecule has 0 amide bonds. The van der Waals surface area contributed by atoms with E-state index in [0.29, 0.717) is 11.3 Å². The molecule has 0 unspecified atom stereocenters. The van der Waals surface area contributed by atoms with Crippen molar-refractivity contribution in [3.8, 4) is 17.6 Å². The Labute approximate surface area is 144 Å². The van der Waals surface area contributed by atoms with Crippen LogP contribution in [0.5, 0.6) is 11.5 Å². The highest BCUT2D eigenvalue weighted by molar-refractivity contribution is 5.91. The van der Waals surface area contributed by atoms with Crippen LogP contribution in [0.4, 0.5) is 0 Å². The Kier molecular flexibility index (Phi) is 6.32. The molecule has 2 aromatic rings. The molecule has 0 heterocycles. The quantitative estimate of drug-likeness (QED) is 0.376. The molecule has 0 bridgehead atoms. The minimum absolute atomic E-state index is 0.0613. The van der Waals surface area contributed by atoms with Gasteiger partial charge in [0, 0.05) is 6.08 Å². The molecule has 0 saturated carbocycles. The predicted octanol–water partition coefficient (Wildman–Crippen LogP) is 3.08. The van der Waals surface area contributed by atoms with Gasteiger partial charge in [0.25, 0.3) is 0 Å². The molecule has 1 N–H and O–H groups in total. The number of rotatable bonds is 6. The lowest BCUT2D eigenvalue weighted by Gasteiger charge is -2.05. The van der Waals surface area contributed by atoms with Gasteiger partial charge in [-0.3, -0.25) is 0 Å². The molecule has 2 aromatic carbocycles. The number of phenolic OH excluding ortho intramolecular Hbond substituents is 1. The largest absolute Gasteiger partial charge is 0.508 e. The van der Waals surface area contributed by atoms with Crippen LogP contribution in [0.3, 0.4) is 0 Å². The third kappa shape index (κ3) is 5.84. The summed E-state index contributed by atoms with van der Waals surface area (Å²) in [6.07, 6.45) is 2.97. The molecular formula is C19H15NO5. The third-order valence-corrected chi connectivity index (χ3v) is 3.06. The summed E-state index contributed by atoms with van der Waals surface area (Å²) in [6.45, 7) is 0.0613. The number of benzene rings is 2. The van der Waals surface area contributed by atoms with E-state index in [1.165, 1.54) is 30.3 Å². The van der Waals surface area contributed by atoms with Crippen LogP contribution in [-0.4, -0.2) is 23.7 Å². The van der Waals surface area contributed by atoms with E-state index < -0.39 is 11.9 Å². The van der Waals surface area contributed by atoms with Crippen molar-refractivity contribution >= 4 is 18.0 Å². The predicted molar refractivity (Wildman–Crippen MR) is 89.7 cm³/mol. The van der Waals surface area contributed by atoms with E-state index in [0.717, 1.165) is 5.56 Å². The van der Waals surface area contributed by atoms with Gasteiger partial charge >= 0.3 is 11.9 Å². The Bertz CT molecular complexity index is 801. The van der Waals surface area contributed by atoms with E-state index in [4.69, 9.17) is 14.7 Å². The lowest BCUT2D eigenvalue weighted by molar-refractivity contribution is -0.137. The van der Waals surface area contributed by atoms with Crippen molar-refractivity contribution in [1.29, 1.82) is 5.26 Å². The van der Waals surface area contributed by atoms with Crippen molar-refractivity contribution in [2.24, 2.45) is 0 Å². The number of aromatic hydroxyl groups is 1. The zero-order valence-corrected chi connectivity index (χ0v) is 13.2. The molecule has 0 spiro atoms. The summed E-state index contributed by atoms with van der Waals surface area (Å²) in [7, 11) is 0. The Morgan fingerprint density at radius 2 is 1.76 bits per heavy atom. The lowest BCUT2D eigenvalue weighted by Crippen LogP contribution is -2.08. The van der Waals surface area contributed by atoms with E-state index in [1.807, 2.05) is 6.07 Å². The van der Waals surface area contributed by atoms with E-state index in [1.54, 1.807) is 30.3 Å². The number of carbonyl (C=O) groups is 2. The topological polar surface area (TPSA) is 96.6 Å². The van der Waals surface area contributed by atoms with Gasteiger partial charge in [-0.2, -0.15) is 5.26 Å². The smallest absolute Gasteiger partial charge is 0.343 e. The molecule has 25 heavy (non-hydrogen) atoms. The molecule has 6 nitrogen and oxygen atoms in total. The van der Waals surface area contributed by atoms with Crippen LogP contribution in [0.25, 0.3) is 6.08 Å². The van der Waals surface area contributed by atoms with Gasteiger partial charge in [0.15, 0.2) is 0 Å². The summed E-state index contributed by atoms with van der Waals surface area (Å²) in [5, 5.41) is 17.6. The summed E-state index contributed by atoms with van der Waals surface area (Å²) >= 11 is 0. The molecule has 0 fully saturated rings. The zero-order valence-electron chi connectivity index (χ0n) is 13.2. The fraction of sp³-hybridized carbons (Fsp3) is 0.105. The SMILES string of the molecule is N#CCCOC(=O)/C=C/c1ccc(OC(=O)c2ccc(O)cc2)cc1. The summed E-state index contributed by atoms with van der Waals surface area (Å²) in [4.78, 5) is 23.3. The van der Waals surface area contributed by atoms with Crippen LogP contribution in [0, 0.1) is 11.3 Å². The summed E-state index contributed by atoms with van der Waals surface area (Å²) < 4.78 is 10.0. The Balaban J connectivity index is 1.91. The van der Waals surface area contributed by atoms with Gasteiger partial charge in [-0.05, 0) is 48.0 Å². The second-order valence-electron chi connectivity index (χ2n) is 4.91. The Morgan fingerprint density at radius 1 is 1.08 bits per heavy atom. The highest BCUT2D eigenvalue weighted by atomic mass is 16.5. The minimum Gasteiger partial charge on any atom is -0.508 e. The summed E-state index contributed by atoms with van der Waals surface area (Å²) in [5.41, 5.74) is 1.04. The second kappa shape index (κ2) is 8.89. The number of phenols is 1. The molecule has 0 aromatic heterocycles. The molecule has 0 aliphatic heterocycles. The maximum absolute atomic E-state index is 11.9. The number of carbonyl (C=O) groups excluding carboxylic acids is 2. The van der Waals surface area contributed by atoms with Gasteiger partial charge in [-0.15, -0.1) is 0 Å². The van der Waals surface area contributed by atoms with E-state index in [-0.39, 0.29) is 18.8 Å². The molecule has 0 radical (unpaired) electrons. The second-order valence-corrected chi connectivity index (χ2v) is 4.91. The number of hydrogen-bond donors (Lipinski definition) is 1. The molecule has 0 aliphatic rings. The van der Waals surface area contributed by atoms with Crippen LogP contribution >= 0.6 is 0 Å². The van der Waals surface area contributed by atoms with Gasteiger partial charge in [-0.1, -0.05) is 12.1 Å². The van der Waals surface area contributed by atoms with Crippen LogP contribution in [-0.2, 0) is 9.53 Å². The monoisotopic (exact) mass is 337 g/mol. The average Bonchev–Trinajstić information content (AvgIpc) is 2.62. The first-order chi connectivity index (χ1) is 12.1. The molecule has 126 valence electrons. The number of hydrogen-bond acceptors (Lipinski definition) is 6. The number of nitrogens with zero attached hydrogens (tertiary/aromatic N) is 1. The molecule has 2 rings (SSSR count). The van der Waals surface area contributed by atoms with Crippen molar-refractivity contribution in [2.75, 3.05) is 6.61 Å². The van der Waals surface area contributed by atoms with Crippen LogP contribution in [0.1, 0.15) is 22.3 Å². The molecular weight excluding hydrogens is 322 g/mol. The van der Waals surface area contributed by atoms with Gasteiger partial charge < -0.3 is 14.6 Å². The Morgan fingerprint density at radius 3 is 2.40 bits per heavy atom. The highest BCUT2D eigenvalue weighted by Crippen LogP contribution is 2.16. The van der Waals surface area contributed by atoms with Gasteiger partial charge in [0.2, 0.25) is 0 Å². The number of esters is 2. The molecule has 0 aliphatic carbocycles. The van der Waals surface area contributed by atoms with Crippen molar-refractivity contribution < 1.29 is 24.2 Å². The number of nitriles is 1. The first-order valence-corrected chi connectivity index (χ1v) is 7.41. The number of ether oxygens (including phenoxy) is 2. The first kappa shape index (κ1) is 17.8. The minimum atomic E-state index is -0.538. The van der Waals surface area contributed by atoms with Crippen molar-refractivity contribution in [3.63, 3.8) is 0 Å². The van der Waals surface area contributed by atoms with Crippen LogP contribution in [0.15, 0.2) is 54.6 Å². The summed E-state index contributed by atoms with van der Waals surface area (Å²) in [6, 6.07) is 14.2. The third-order valence-electron chi connectivity index (χ3n) is 3.06. The zero-order chi connectivity index (χ0) is 18.1. The molecule has 0 saturated heterocycles. The standard InChI is InChI=1S/C19H15NO5/c20-12-1-13-24-18(22)11-4-14-2-9-17(10-3-14)25-19(23)15-5-7-16(21)8-6-15/h2-11,21H,1,13H2/b11-4+. The van der Waals surface area contributed by atoms with Gasteiger partial charge in [-0.25, -0.2) is 9.59 Å². The Hall–Kier alpha value is -3.59. The van der Waals surface area contributed by atoms with Crippen molar-refractivity contribution in [1.82, 2.24) is 0 Å². The normalized spacial score (nSPS) is 10.2. The molecule has 6 heteroatoms. The van der Waals surface area contributed by atoms with Crippen LogP contribution in [0.2, 0.25) is 0 Å². The van der Waals surface area contributed by atoms with Crippen molar-refractivity contribution in [2.45, 2.75) is 6.42 Å². The summed E-state index contributed by atoms with van der Waals surface area (Å²) in [5.74, 6) is -0.645. The van der Waals surface area contributed by atoms with E-state index in [2.05, 4.69) is 0 Å². The van der Waals surface area contributed by atoms with E-state index >= 15 is 0 Å². The average molecular weight is 337 g/mol. The van der Waals surface area contributed by atoms with Crippen LogP contribution < -0.4 is 4.74 Å². The highest BCUT2D eigenvalue weighted by Gasteiger charge is 2.08.